The second kappa shape index (κ2) is 4.52. The fourth-order valence-corrected chi connectivity index (χ4v) is 2.09. The SMILES string of the molecule is C/C([O-])=N/S(=O)(=O)c1c(F)c(F)c(F)c(F)c1F. The largest absolute Gasteiger partial charge is 0.861 e. The Morgan fingerprint density at radius 2 is 1.28 bits per heavy atom. The van der Waals surface area contributed by atoms with E-state index in [1.165, 1.54) is 0 Å². The molecule has 0 radical (unpaired) electrons. The summed E-state index contributed by atoms with van der Waals surface area (Å²) in [6, 6.07) is 0. The Morgan fingerprint density at radius 1 is 0.944 bits per heavy atom. The van der Waals surface area contributed by atoms with Gasteiger partial charge in [-0.1, -0.05) is 0 Å². The van der Waals surface area contributed by atoms with Crippen molar-refractivity contribution < 1.29 is 35.5 Å². The minimum atomic E-state index is -5.30. The van der Waals surface area contributed by atoms with Crippen LogP contribution in [0.3, 0.4) is 0 Å². The molecule has 0 aliphatic heterocycles. The standard InChI is InChI=1S/C8H4F5NO3S/c1-2(15)14-18(16,17)8-6(12)4(10)3(9)5(11)7(8)13/h1H3,(H,14,15)/p-1. The number of nitrogens with zero attached hydrogens (tertiary/aromatic N) is 1. The Kier molecular flexibility index (Phi) is 3.60. The van der Waals surface area contributed by atoms with Crippen molar-refractivity contribution in [3.63, 3.8) is 0 Å². The van der Waals surface area contributed by atoms with Crippen molar-refractivity contribution in [3.8, 4) is 0 Å². The minimum Gasteiger partial charge on any atom is -0.861 e. The maximum Gasteiger partial charge on any atom is 0.287 e. The van der Waals surface area contributed by atoms with Gasteiger partial charge < -0.3 is 5.11 Å². The first kappa shape index (κ1) is 14.4. The number of halogens is 5. The van der Waals surface area contributed by atoms with Crippen LogP contribution < -0.4 is 5.11 Å². The molecule has 0 fully saturated rings. The first-order valence-corrected chi connectivity index (χ1v) is 5.53. The Balaban J connectivity index is 3.78. The molecule has 18 heavy (non-hydrogen) atoms. The van der Waals surface area contributed by atoms with Gasteiger partial charge in [0.05, 0.1) is 0 Å². The van der Waals surface area contributed by atoms with Gasteiger partial charge >= 0.3 is 0 Å². The average Bonchev–Trinajstić information content (AvgIpc) is 2.21. The summed E-state index contributed by atoms with van der Waals surface area (Å²) in [5, 5.41) is 10.4. The highest BCUT2D eigenvalue weighted by Gasteiger charge is 2.33. The van der Waals surface area contributed by atoms with Crippen LogP contribution in [0.1, 0.15) is 6.92 Å². The molecule has 0 amide bonds. The molecule has 0 heterocycles. The Morgan fingerprint density at radius 3 is 1.61 bits per heavy atom. The molecule has 0 aromatic heterocycles. The van der Waals surface area contributed by atoms with Gasteiger partial charge in [-0.2, -0.15) is 12.8 Å². The van der Waals surface area contributed by atoms with E-state index in [9.17, 15) is 35.5 Å². The van der Waals surface area contributed by atoms with Crippen molar-refractivity contribution in [1.29, 1.82) is 0 Å². The molecular weight excluding hydrogens is 285 g/mol. The van der Waals surface area contributed by atoms with Gasteiger partial charge in [-0.05, 0) is 12.8 Å². The zero-order valence-corrected chi connectivity index (χ0v) is 9.29. The van der Waals surface area contributed by atoms with Crippen molar-refractivity contribution in [2.75, 3.05) is 0 Å². The van der Waals surface area contributed by atoms with Crippen LogP contribution in [-0.2, 0) is 10.0 Å². The quantitative estimate of drug-likeness (QED) is 0.266. The second-order valence-corrected chi connectivity index (χ2v) is 4.53. The van der Waals surface area contributed by atoms with Crippen LogP contribution >= 0.6 is 0 Å². The third-order valence-corrected chi connectivity index (χ3v) is 3.05. The topological polar surface area (TPSA) is 69.6 Å². The molecule has 0 saturated heterocycles. The van der Waals surface area contributed by atoms with E-state index in [1.54, 1.807) is 0 Å². The molecule has 0 bridgehead atoms. The fourth-order valence-electron chi connectivity index (χ4n) is 1.03. The molecule has 0 saturated carbocycles. The Hall–Kier alpha value is -1.71. The van der Waals surface area contributed by atoms with Gasteiger partial charge in [-0.3, -0.25) is 0 Å². The molecule has 0 aliphatic carbocycles. The summed E-state index contributed by atoms with van der Waals surface area (Å²) in [7, 11) is -5.30. The predicted octanol–water partition coefficient (Wildman–Crippen LogP) is 0.850. The maximum absolute atomic E-state index is 13.1. The third-order valence-electron chi connectivity index (χ3n) is 1.68. The monoisotopic (exact) mass is 288 g/mol. The average molecular weight is 288 g/mol. The van der Waals surface area contributed by atoms with E-state index < -0.39 is 49.9 Å². The van der Waals surface area contributed by atoms with Crippen LogP contribution in [0.4, 0.5) is 22.0 Å². The molecule has 0 N–H and O–H groups in total. The highest BCUT2D eigenvalue weighted by atomic mass is 32.2. The number of sulfonamides is 1. The van der Waals surface area contributed by atoms with E-state index in [4.69, 9.17) is 0 Å². The van der Waals surface area contributed by atoms with Crippen LogP contribution in [0.2, 0.25) is 0 Å². The zero-order chi connectivity index (χ0) is 14.2. The molecule has 100 valence electrons. The van der Waals surface area contributed by atoms with Crippen LogP contribution in [0.25, 0.3) is 0 Å². The van der Waals surface area contributed by atoms with Crippen molar-refractivity contribution in [1.82, 2.24) is 0 Å². The van der Waals surface area contributed by atoms with Gasteiger partial charge in [0.15, 0.2) is 28.2 Å². The van der Waals surface area contributed by atoms with Crippen LogP contribution in [0, 0.1) is 29.1 Å². The molecule has 1 rings (SSSR count). The van der Waals surface area contributed by atoms with Crippen LogP contribution in [-0.4, -0.2) is 14.3 Å². The normalized spacial score (nSPS) is 12.9. The van der Waals surface area contributed by atoms with Crippen molar-refractivity contribution >= 4 is 15.9 Å². The predicted molar refractivity (Wildman–Crippen MR) is 46.5 cm³/mol. The van der Waals surface area contributed by atoms with Crippen molar-refractivity contribution in [3.05, 3.63) is 29.1 Å². The summed E-state index contributed by atoms with van der Waals surface area (Å²) in [4.78, 5) is -2.16. The lowest BCUT2D eigenvalue weighted by Crippen LogP contribution is -2.17. The highest BCUT2D eigenvalue weighted by Crippen LogP contribution is 2.27. The summed E-state index contributed by atoms with van der Waals surface area (Å²) in [6.07, 6.45) is 0. The van der Waals surface area contributed by atoms with E-state index in [1.807, 2.05) is 0 Å². The van der Waals surface area contributed by atoms with Crippen molar-refractivity contribution in [2.45, 2.75) is 11.8 Å². The molecule has 0 aliphatic rings. The van der Waals surface area contributed by atoms with E-state index in [2.05, 4.69) is 4.40 Å². The first-order chi connectivity index (χ1) is 8.09. The summed E-state index contributed by atoms with van der Waals surface area (Å²) >= 11 is 0. The zero-order valence-electron chi connectivity index (χ0n) is 8.47. The van der Waals surface area contributed by atoms with E-state index in [0.717, 1.165) is 0 Å². The van der Waals surface area contributed by atoms with Gasteiger partial charge in [-0.25, -0.2) is 22.0 Å². The molecule has 4 nitrogen and oxygen atoms in total. The second-order valence-electron chi connectivity index (χ2n) is 2.98. The van der Waals surface area contributed by atoms with E-state index in [-0.39, 0.29) is 0 Å². The number of hydrogen-bond acceptors (Lipinski definition) is 3. The molecule has 10 heteroatoms. The van der Waals surface area contributed by atoms with Gasteiger partial charge in [0.1, 0.15) is 0 Å². The summed E-state index contributed by atoms with van der Waals surface area (Å²) < 4.78 is 88.9. The number of rotatable bonds is 2. The Bertz CT molecular complexity index is 608. The van der Waals surface area contributed by atoms with Gasteiger partial charge in [0.2, 0.25) is 5.82 Å². The Labute approximate surface area is 97.4 Å². The summed E-state index contributed by atoms with van der Waals surface area (Å²) in [6.45, 7) is 0.629. The molecule has 0 unspecified atom stereocenters. The minimum absolute atomic E-state index is 0.629. The molecule has 0 atom stereocenters. The van der Waals surface area contributed by atoms with Gasteiger partial charge in [0.25, 0.3) is 10.0 Å². The molecule has 1 aromatic carbocycles. The van der Waals surface area contributed by atoms with Gasteiger partial charge in [-0.15, -0.1) is 0 Å². The summed E-state index contributed by atoms with van der Waals surface area (Å²) in [5.41, 5.74) is 0. The van der Waals surface area contributed by atoms with Gasteiger partial charge in [0, 0.05) is 0 Å². The smallest absolute Gasteiger partial charge is 0.287 e. The highest BCUT2D eigenvalue weighted by molar-refractivity contribution is 7.90. The lowest BCUT2D eigenvalue weighted by molar-refractivity contribution is -0.215. The molecule has 1 aromatic rings. The summed E-state index contributed by atoms with van der Waals surface area (Å²) in [5.74, 6) is -13.9. The van der Waals surface area contributed by atoms with E-state index >= 15 is 0 Å². The maximum atomic E-state index is 13.1. The molecule has 0 spiro atoms. The molecular formula is C8H3F5NO3S-. The third kappa shape index (κ3) is 2.28. The fraction of sp³-hybridized carbons (Fsp3) is 0.125. The van der Waals surface area contributed by atoms with Crippen LogP contribution in [0.15, 0.2) is 9.29 Å². The number of hydrogen-bond donors (Lipinski definition) is 0. The van der Waals surface area contributed by atoms with E-state index in [0.29, 0.717) is 6.92 Å². The lowest BCUT2D eigenvalue weighted by atomic mass is 10.3. The lowest BCUT2D eigenvalue weighted by Gasteiger charge is -2.08. The van der Waals surface area contributed by atoms with Crippen LogP contribution in [0.5, 0.6) is 0 Å². The first-order valence-electron chi connectivity index (χ1n) is 4.09. The number of benzene rings is 1. The van der Waals surface area contributed by atoms with Crippen molar-refractivity contribution in [2.24, 2.45) is 4.40 Å².